The number of anilines is 1. The minimum absolute atomic E-state index is 0.334. The monoisotopic (exact) mass is 252 g/mol. The Bertz CT molecular complexity index is 410. The average Bonchev–Trinajstić information content (AvgIpc) is 2.64. The van der Waals surface area contributed by atoms with Gasteiger partial charge in [0.1, 0.15) is 0 Å². The van der Waals surface area contributed by atoms with Crippen LogP contribution in [-0.4, -0.2) is 29.1 Å². The number of hydrogen-bond donors (Lipinski definition) is 1. The van der Waals surface area contributed by atoms with E-state index < -0.39 is 23.6 Å². The summed E-state index contributed by atoms with van der Waals surface area (Å²) in [6.45, 7) is 4.13. The van der Waals surface area contributed by atoms with E-state index in [1.807, 2.05) is 0 Å². The van der Waals surface area contributed by atoms with E-state index in [4.69, 9.17) is 5.11 Å². The molecule has 0 bridgehead atoms. The van der Waals surface area contributed by atoms with Crippen LogP contribution >= 0.6 is 0 Å². The molecule has 0 aliphatic heterocycles. The van der Waals surface area contributed by atoms with Crippen LogP contribution in [0.15, 0.2) is 4.42 Å². The van der Waals surface area contributed by atoms with E-state index in [0.717, 1.165) is 0 Å². The first-order chi connectivity index (χ1) is 7.81. The van der Waals surface area contributed by atoms with Crippen molar-refractivity contribution in [1.29, 1.82) is 0 Å². The summed E-state index contributed by atoms with van der Waals surface area (Å²) < 4.78 is 42.1. The lowest BCUT2D eigenvalue weighted by Gasteiger charge is -2.14. The van der Waals surface area contributed by atoms with E-state index in [-0.39, 0.29) is 6.01 Å². The van der Waals surface area contributed by atoms with E-state index in [1.54, 1.807) is 13.8 Å². The molecule has 1 aromatic rings. The predicted molar refractivity (Wildman–Crippen MR) is 52.0 cm³/mol. The van der Waals surface area contributed by atoms with Gasteiger partial charge in [0.2, 0.25) is 5.76 Å². The van der Waals surface area contributed by atoms with Crippen molar-refractivity contribution >= 4 is 12.0 Å². The molecule has 8 heteroatoms. The quantitative estimate of drug-likeness (QED) is 0.890. The Kier molecular flexibility index (Phi) is 3.64. The van der Waals surface area contributed by atoms with Gasteiger partial charge in [-0.25, -0.2) is 4.79 Å². The highest BCUT2D eigenvalue weighted by atomic mass is 19.4. The molecule has 96 valence electrons. The molecule has 0 saturated carbocycles. The summed E-state index contributed by atoms with van der Waals surface area (Å²) in [4.78, 5) is 15.2. The lowest BCUT2D eigenvalue weighted by molar-refractivity contribution is -0.141. The van der Waals surface area contributed by atoms with Crippen LogP contribution in [0.1, 0.15) is 30.1 Å². The Labute approximate surface area is 94.8 Å². The van der Waals surface area contributed by atoms with Gasteiger partial charge in [0, 0.05) is 13.1 Å². The zero-order valence-electron chi connectivity index (χ0n) is 9.21. The fraction of sp³-hybridized carbons (Fsp3) is 0.556. The smallest absolute Gasteiger partial charge is 0.437 e. The molecule has 0 aliphatic carbocycles. The number of hydrogen-bond acceptors (Lipinski definition) is 4. The minimum atomic E-state index is -4.84. The molecule has 0 spiro atoms. The van der Waals surface area contributed by atoms with Crippen LogP contribution in [0.2, 0.25) is 0 Å². The number of oxazole rings is 1. The van der Waals surface area contributed by atoms with Crippen molar-refractivity contribution < 1.29 is 27.5 Å². The number of carboxylic acid groups (broad SMARTS) is 1. The molecule has 0 unspecified atom stereocenters. The fourth-order valence-corrected chi connectivity index (χ4v) is 1.28. The first kappa shape index (κ1) is 13.3. The van der Waals surface area contributed by atoms with Gasteiger partial charge in [-0.3, -0.25) is 0 Å². The van der Waals surface area contributed by atoms with Gasteiger partial charge in [0.05, 0.1) is 0 Å². The largest absolute Gasteiger partial charge is 0.475 e. The maximum absolute atomic E-state index is 12.5. The second kappa shape index (κ2) is 4.64. The van der Waals surface area contributed by atoms with Crippen molar-refractivity contribution in [2.75, 3.05) is 18.0 Å². The van der Waals surface area contributed by atoms with Gasteiger partial charge < -0.3 is 14.4 Å². The molecule has 1 aromatic heterocycles. The van der Waals surface area contributed by atoms with Crippen molar-refractivity contribution in [3.05, 3.63) is 11.5 Å². The Morgan fingerprint density at radius 2 is 1.94 bits per heavy atom. The summed E-state index contributed by atoms with van der Waals surface area (Å²) >= 11 is 0. The summed E-state index contributed by atoms with van der Waals surface area (Å²) in [7, 11) is 0. The highest BCUT2D eigenvalue weighted by molar-refractivity contribution is 5.86. The van der Waals surface area contributed by atoms with Crippen LogP contribution in [0.25, 0.3) is 0 Å². The Balaban J connectivity index is 3.26. The fourth-order valence-electron chi connectivity index (χ4n) is 1.28. The first-order valence-electron chi connectivity index (χ1n) is 4.87. The summed E-state index contributed by atoms with van der Waals surface area (Å²) in [6, 6.07) is -0.334. The highest BCUT2D eigenvalue weighted by Gasteiger charge is 2.41. The number of carboxylic acids is 1. The van der Waals surface area contributed by atoms with Crippen LogP contribution in [0.3, 0.4) is 0 Å². The molecule has 5 nitrogen and oxygen atoms in total. The number of nitrogens with zero attached hydrogens (tertiary/aromatic N) is 2. The molecule has 0 amide bonds. The highest BCUT2D eigenvalue weighted by Crippen LogP contribution is 2.33. The van der Waals surface area contributed by atoms with Crippen LogP contribution in [0, 0.1) is 0 Å². The summed E-state index contributed by atoms with van der Waals surface area (Å²) in [5.74, 6) is -2.97. The zero-order chi connectivity index (χ0) is 13.2. The number of alkyl halides is 3. The second-order valence-electron chi connectivity index (χ2n) is 3.15. The lowest BCUT2D eigenvalue weighted by atomic mass is 10.3. The van der Waals surface area contributed by atoms with Crippen molar-refractivity contribution in [2.24, 2.45) is 0 Å². The zero-order valence-corrected chi connectivity index (χ0v) is 9.21. The van der Waals surface area contributed by atoms with E-state index in [9.17, 15) is 18.0 Å². The number of halogens is 3. The van der Waals surface area contributed by atoms with Crippen LogP contribution in [0.4, 0.5) is 19.2 Å². The van der Waals surface area contributed by atoms with Gasteiger partial charge in [-0.15, -0.1) is 0 Å². The number of rotatable bonds is 4. The van der Waals surface area contributed by atoms with Crippen LogP contribution in [-0.2, 0) is 6.18 Å². The van der Waals surface area contributed by atoms with E-state index in [1.165, 1.54) is 4.90 Å². The molecule has 1 heterocycles. The maximum Gasteiger partial charge on any atom is 0.437 e. The van der Waals surface area contributed by atoms with Crippen molar-refractivity contribution in [3.63, 3.8) is 0 Å². The molecule has 0 aromatic carbocycles. The summed E-state index contributed by atoms with van der Waals surface area (Å²) in [5, 5.41) is 8.62. The normalized spacial score (nSPS) is 11.6. The second-order valence-corrected chi connectivity index (χ2v) is 3.15. The SMILES string of the molecule is CCN(CC)c1nc(C(F)(F)F)c(C(=O)O)o1. The average molecular weight is 252 g/mol. The topological polar surface area (TPSA) is 66.6 Å². The van der Waals surface area contributed by atoms with Gasteiger partial charge >= 0.3 is 12.1 Å². The summed E-state index contributed by atoms with van der Waals surface area (Å²) in [5.41, 5.74) is -1.51. The standard InChI is InChI=1S/C9H11F3N2O3/c1-3-14(4-2)8-13-6(9(10,11)12)5(17-8)7(15)16/h3-4H2,1-2H3,(H,15,16). The molecule has 1 N–H and O–H groups in total. The molecular formula is C9H11F3N2O3. The van der Waals surface area contributed by atoms with Crippen molar-refractivity contribution in [2.45, 2.75) is 20.0 Å². The van der Waals surface area contributed by atoms with E-state index in [0.29, 0.717) is 13.1 Å². The third kappa shape index (κ3) is 2.69. The van der Waals surface area contributed by atoms with Crippen molar-refractivity contribution in [1.82, 2.24) is 4.98 Å². The molecule has 1 rings (SSSR count). The first-order valence-corrected chi connectivity index (χ1v) is 4.87. The van der Waals surface area contributed by atoms with E-state index in [2.05, 4.69) is 9.40 Å². The Morgan fingerprint density at radius 3 is 2.24 bits per heavy atom. The third-order valence-electron chi connectivity index (χ3n) is 2.11. The molecule has 0 saturated heterocycles. The minimum Gasteiger partial charge on any atom is -0.475 e. The maximum atomic E-state index is 12.5. The molecular weight excluding hydrogens is 241 g/mol. The van der Waals surface area contributed by atoms with Gasteiger partial charge in [0.15, 0.2) is 5.69 Å². The van der Waals surface area contributed by atoms with Crippen LogP contribution in [0.5, 0.6) is 0 Å². The molecule has 0 fully saturated rings. The molecule has 0 radical (unpaired) electrons. The Hall–Kier alpha value is -1.73. The number of carbonyl (C=O) groups is 1. The van der Waals surface area contributed by atoms with E-state index >= 15 is 0 Å². The van der Waals surface area contributed by atoms with Crippen molar-refractivity contribution in [3.8, 4) is 0 Å². The third-order valence-corrected chi connectivity index (χ3v) is 2.11. The molecule has 0 aliphatic rings. The number of aromatic nitrogens is 1. The number of aromatic carboxylic acids is 1. The predicted octanol–water partition coefficient (Wildman–Crippen LogP) is 2.24. The van der Waals surface area contributed by atoms with Gasteiger partial charge in [-0.2, -0.15) is 18.2 Å². The van der Waals surface area contributed by atoms with Crippen LogP contribution < -0.4 is 4.90 Å². The van der Waals surface area contributed by atoms with Gasteiger partial charge in [0.25, 0.3) is 6.01 Å². The molecule has 0 atom stereocenters. The Morgan fingerprint density at radius 1 is 1.41 bits per heavy atom. The van der Waals surface area contributed by atoms with Gasteiger partial charge in [-0.1, -0.05) is 0 Å². The summed E-state index contributed by atoms with van der Waals surface area (Å²) in [6.07, 6.45) is -4.84. The van der Waals surface area contributed by atoms with Gasteiger partial charge in [-0.05, 0) is 13.8 Å². The molecule has 17 heavy (non-hydrogen) atoms. The lowest BCUT2D eigenvalue weighted by Crippen LogP contribution is -2.22.